The Morgan fingerprint density at radius 3 is 2.38 bits per heavy atom. The van der Waals surface area contributed by atoms with Gasteiger partial charge in [-0.05, 0) is 22.9 Å². The number of nitrogens with zero attached hydrogens (tertiary/aromatic N) is 1. The number of carbonyl (C=O) groups is 1. The maximum atomic E-state index is 13.2. The highest BCUT2D eigenvalue weighted by Crippen LogP contribution is 2.47. The number of ether oxygens (including phenoxy) is 1. The summed E-state index contributed by atoms with van der Waals surface area (Å²) in [7, 11) is 0. The largest absolute Gasteiger partial charge is 0.488 e. The average Bonchev–Trinajstić information content (AvgIpc) is 3.10. The van der Waals surface area contributed by atoms with Crippen molar-refractivity contribution in [3.63, 3.8) is 0 Å². The highest BCUT2D eigenvalue weighted by molar-refractivity contribution is 6.05. The van der Waals surface area contributed by atoms with Crippen molar-refractivity contribution in [2.24, 2.45) is 0 Å². The smallest absolute Gasteiger partial charge is 0.471 e. The average molecular weight is 399 g/mol. The lowest BCUT2D eigenvalue weighted by Crippen LogP contribution is -2.40. The fourth-order valence-electron chi connectivity index (χ4n) is 3.95. The molecule has 0 saturated heterocycles. The first-order valence-electron chi connectivity index (χ1n) is 9.51. The van der Waals surface area contributed by atoms with Gasteiger partial charge >= 0.3 is 12.1 Å². The molecule has 0 aromatic heterocycles. The molecule has 0 saturated carbocycles. The Morgan fingerprint density at radius 2 is 1.72 bits per heavy atom. The third-order valence-corrected chi connectivity index (χ3v) is 5.35. The van der Waals surface area contributed by atoms with Crippen molar-refractivity contribution in [3.05, 3.63) is 71.8 Å². The second-order valence-corrected chi connectivity index (χ2v) is 7.15. The summed E-state index contributed by atoms with van der Waals surface area (Å²) in [5.41, 5.74) is 2.03. The molecule has 1 unspecified atom stereocenters. The number of hydrogen-bond acceptors (Lipinski definition) is 2. The maximum Gasteiger partial charge on any atom is 0.471 e. The van der Waals surface area contributed by atoms with Gasteiger partial charge in [0.25, 0.3) is 0 Å². The number of amides is 1. The number of halogens is 3. The van der Waals surface area contributed by atoms with Gasteiger partial charge in [0.2, 0.25) is 0 Å². The van der Waals surface area contributed by atoms with Gasteiger partial charge in [-0.1, -0.05) is 61.5 Å². The molecule has 1 heterocycles. The minimum atomic E-state index is -4.92. The molecule has 3 aromatic rings. The lowest BCUT2D eigenvalue weighted by molar-refractivity contribution is -0.170. The van der Waals surface area contributed by atoms with Crippen LogP contribution in [-0.2, 0) is 11.4 Å². The van der Waals surface area contributed by atoms with E-state index >= 15 is 0 Å². The Kier molecular flexibility index (Phi) is 4.94. The van der Waals surface area contributed by atoms with E-state index in [1.54, 1.807) is 6.07 Å². The van der Waals surface area contributed by atoms with E-state index < -0.39 is 12.1 Å². The predicted octanol–water partition coefficient (Wildman–Crippen LogP) is 5.82. The van der Waals surface area contributed by atoms with Crippen molar-refractivity contribution < 1.29 is 22.7 Å². The van der Waals surface area contributed by atoms with Crippen LogP contribution in [-0.4, -0.2) is 18.6 Å². The third-order valence-electron chi connectivity index (χ3n) is 5.35. The van der Waals surface area contributed by atoms with Gasteiger partial charge in [0, 0.05) is 23.9 Å². The number of rotatable bonds is 4. The van der Waals surface area contributed by atoms with Crippen LogP contribution in [0.25, 0.3) is 10.8 Å². The van der Waals surface area contributed by atoms with Crippen molar-refractivity contribution >= 4 is 22.4 Å². The second kappa shape index (κ2) is 7.43. The summed E-state index contributed by atoms with van der Waals surface area (Å²) in [6.45, 7) is 2.23. The van der Waals surface area contributed by atoms with E-state index in [0.717, 1.165) is 26.8 Å². The minimum absolute atomic E-state index is 0.0241. The molecular weight excluding hydrogens is 379 g/mol. The van der Waals surface area contributed by atoms with E-state index in [9.17, 15) is 18.0 Å². The van der Waals surface area contributed by atoms with Crippen molar-refractivity contribution in [3.8, 4) is 5.75 Å². The van der Waals surface area contributed by atoms with Crippen LogP contribution >= 0.6 is 0 Å². The number of carbonyl (C=O) groups excluding carboxylic acids is 1. The van der Waals surface area contributed by atoms with Crippen LogP contribution in [0.3, 0.4) is 0 Å². The SMILES string of the molecule is CCC1CN(C(=O)C(F)(F)F)c2cc(OCc3ccccc3)c3ccccc3c21. The molecule has 1 aliphatic heterocycles. The molecule has 0 fully saturated rings. The van der Waals surface area contributed by atoms with Gasteiger partial charge in [-0.3, -0.25) is 4.79 Å². The van der Waals surface area contributed by atoms with E-state index in [1.165, 1.54) is 0 Å². The van der Waals surface area contributed by atoms with Gasteiger partial charge in [-0.25, -0.2) is 0 Å². The van der Waals surface area contributed by atoms with E-state index in [-0.39, 0.29) is 19.1 Å². The Hall–Kier alpha value is -3.02. The van der Waals surface area contributed by atoms with Crippen LogP contribution < -0.4 is 9.64 Å². The normalized spacial score (nSPS) is 16.1. The van der Waals surface area contributed by atoms with Crippen LogP contribution in [0, 0.1) is 0 Å². The van der Waals surface area contributed by atoms with Crippen LogP contribution in [0.2, 0.25) is 0 Å². The fourth-order valence-corrected chi connectivity index (χ4v) is 3.95. The summed E-state index contributed by atoms with van der Waals surface area (Å²) in [6, 6.07) is 18.6. The minimum Gasteiger partial charge on any atom is -0.488 e. The topological polar surface area (TPSA) is 29.5 Å². The zero-order valence-corrected chi connectivity index (χ0v) is 15.9. The monoisotopic (exact) mass is 399 g/mol. The van der Waals surface area contributed by atoms with Gasteiger partial charge in [0.05, 0.1) is 5.69 Å². The molecule has 1 amide bonds. The highest BCUT2D eigenvalue weighted by Gasteiger charge is 2.47. The Balaban J connectivity index is 1.82. The van der Waals surface area contributed by atoms with Gasteiger partial charge in [0.1, 0.15) is 12.4 Å². The third kappa shape index (κ3) is 3.55. The Labute approximate surface area is 166 Å². The summed E-state index contributed by atoms with van der Waals surface area (Å²) >= 11 is 0. The van der Waals surface area contributed by atoms with E-state index in [2.05, 4.69) is 0 Å². The molecule has 0 bridgehead atoms. The molecule has 1 aliphatic rings. The van der Waals surface area contributed by atoms with Crippen molar-refractivity contribution in [2.75, 3.05) is 11.4 Å². The Morgan fingerprint density at radius 1 is 1.07 bits per heavy atom. The lowest BCUT2D eigenvalue weighted by Gasteiger charge is -2.20. The summed E-state index contributed by atoms with van der Waals surface area (Å²) in [6.07, 6.45) is -4.28. The zero-order chi connectivity index (χ0) is 20.6. The lowest BCUT2D eigenvalue weighted by atomic mass is 9.92. The van der Waals surface area contributed by atoms with Crippen molar-refractivity contribution in [1.82, 2.24) is 0 Å². The quantitative estimate of drug-likeness (QED) is 0.553. The molecule has 29 heavy (non-hydrogen) atoms. The molecule has 4 rings (SSSR count). The molecule has 0 radical (unpaired) electrons. The number of benzene rings is 3. The summed E-state index contributed by atoms with van der Waals surface area (Å²) in [5, 5.41) is 1.67. The second-order valence-electron chi connectivity index (χ2n) is 7.15. The first-order chi connectivity index (χ1) is 13.9. The van der Waals surface area contributed by atoms with Gasteiger partial charge in [0.15, 0.2) is 0 Å². The Bertz CT molecular complexity index is 1050. The number of hydrogen-bond donors (Lipinski definition) is 0. The van der Waals surface area contributed by atoms with E-state index in [0.29, 0.717) is 17.9 Å². The van der Waals surface area contributed by atoms with Gasteiger partial charge in [-0.2, -0.15) is 13.2 Å². The van der Waals surface area contributed by atoms with Crippen molar-refractivity contribution in [1.29, 1.82) is 0 Å². The number of fused-ring (bicyclic) bond motifs is 3. The molecule has 3 nitrogen and oxygen atoms in total. The summed E-state index contributed by atoms with van der Waals surface area (Å²) in [4.78, 5) is 12.9. The first-order valence-corrected chi connectivity index (χ1v) is 9.51. The molecule has 6 heteroatoms. The number of alkyl halides is 3. The summed E-state index contributed by atoms with van der Waals surface area (Å²) in [5.74, 6) is -1.51. The van der Waals surface area contributed by atoms with Crippen LogP contribution in [0.5, 0.6) is 5.75 Å². The fraction of sp³-hybridized carbons (Fsp3) is 0.261. The van der Waals surface area contributed by atoms with Gasteiger partial charge in [-0.15, -0.1) is 0 Å². The van der Waals surface area contributed by atoms with E-state index in [1.807, 2.05) is 61.5 Å². The zero-order valence-electron chi connectivity index (χ0n) is 15.9. The maximum absolute atomic E-state index is 13.2. The predicted molar refractivity (Wildman–Crippen MR) is 106 cm³/mol. The van der Waals surface area contributed by atoms with Crippen LogP contribution in [0.1, 0.15) is 30.4 Å². The van der Waals surface area contributed by atoms with Gasteiger partial charge < -0.3 is 9.64 Å². The highest BCUT2D eigenvalue weighted by atomic mass is 19.4. The molecule has 3 aromatic carbocycles. The number of anilines is 1. The summed E-state index contributed by atoms with van der Waals surface area (Å²) < 4.78 is 45.6. The van der Waals surface area contributed by atoms with E-state index in [4.69, 9.17) is 4.74 Å². The van der Waals surface area contributed by atoms with Crippen LogP contribution in [0.4, 0.5) is 18.9 Å². The molecule has 0 N–H and O–H groups in total. The van der Waals surface area contributed by atoms with Crippen molar-refractivity contribution in [2.45, 2.75) is 32.0 Å². The molecule has 0 aliphatic carbocycles. The molecule has 1 atom stereocenters. The first kappa shape index (κ1) is 19.3. The standard InChI is InChI=1S/C23H20F3NO2/c1-2-16-13-27(22(28)23(24,25)26)19-12-20(29-14-15-8-4-3-5-9-15)17-10-6-7-11-18(17)21(16)19/h3-12,16H,2,13-14H2,1H3. The van der Waals surface area contributed by atoms with Crippen LogP contribution in [0.15, 0.2) is 60.7 Å². The molecule has 0 spiro atoms. The molecular formula is C23H20F3NO2. The molecule has 150 valence electrons.